The van der Waals surface area contributed by atoms with Crippen molar-refractivity contribution in [1.82, 2.24) is 9.55 Å². The highest BCUT2D eigenvalue weighted by atomic mass is 16.3. The molecule has 12 heavy (non-hydrogen) atoms. The highest BCUT2D eigenvalue weighted by Crippen LogP contribution is 2.06. The van der Waals surface area contributed by atoms with Gasteiger partial charge in [0, 0.05) is 32.5 Å². The van der Waals surface area contributed by atoms with Crippen LogP contribution in [-0.2, 0) is 13.5 Å². The molecule has 1 rings (SSSR count). The number of aryl methyl sites for hydroxylation is 2. The summed E-state index contributed by atoms with van der Waals surface area (Å²) in [5.41, 5.74) is 0. The largest absolute Gasteiger partial charge is 0.396 e. The van der Waals surface area contributed by atoms with Crippen molar-refractivity contribution < 1.29 is 5.11 Å². The van der Waals surface area contributed by atoms with Crippen LogP contribution in [0.4, 0.5) is 0 Å². The smallest absolute Gasteiger partial charge is 0.108 e. The Kier molecular flexibility index (Phi) is 3.29. The minimum Gasteiger partial charge on any atom is -0.396 e. The quantitative estimate of drug-likeness (QED) is 0.727. The fourth-order valence-corrected chi connectivity index (χ4v) is 1.10. The predicted molar refractivity (Wildman–Crippen MR) is 47.8 cm³/mol. The van der Waals surface area contributed by atoms with Gasteiger partial charge in [0.2, 0.25) is 0 Å². The second-order valence-corrected chi connectivity index (χ2v) is 3.28. The first-order valence-electron chi connectivity index (χ1n) is 4.31. The van der Waals surface area contributed by atoms with Crippen molar-refractivity contribution >= 4 is 0 Å². The van der Waals surface area contributed by atoms with Crippen LogP contribution in [0.5, 0.6) is 0 Å². The second kappa shape index (κ2) is 4.26. The molecule has 0 aliphatic rings. The van der Waals surface area contributed by atoms with E-state index < -0.39 is 0 Å². The van der Waals surface area contributed by atoms with Crippen LogP contribution in [0.15, 0.2) is 12.4 Å². The number of nitrogens with zero attached hydrogens (tertiary/aromatic N) is 2. The second-order valence-electron chi connectivity index (χ2n) is 3.28. The predicted octanol–water partition coefficient (Wildman–Crippen LogP) is 0.981. The molecular formula is C9H16N2O. The van der Waals surface area contributed by atoms with Gasteiger partial charge in [-0.2, -0.15) is 0 Å². The van der Waals surface area contributed by atoms with E-state index in [4.69, 9.17) is 5.11 Å². The number of aromatic nitrogens is 2. The molecule has 0 bridgehead atoms. The molecule has 0 aliphatic heterocycles. The minimum atomic E-state index is 0.268. The highest BCUT2D eigenvalue weighted by molar-refractivity contribution is 4.91. The van der Waals surface area contributed by atoms with Gasteiger partial charge in [-0.05, 0) is 12.3 Å². The Morgan fingerprint density at radius 1 is 1.67 bits per heavy atom. The van der Waals surface area contributed by atoms with Crippen LogP contribution in [0.3, 0.4) is 0 Å². The summed E-state index contributed by atoms with van der Waals surface area (Å²) in [6, 6.07) is 0. The van der Waals surface area contributed by atoms with E-state index in [0.29, 0.717) is 5.92 Å². The lowest BCUT2D eigenvalue weighted by Crippen LogP contribution is -2.05. The average Bonchev–Trinajstić information content (AvgIpc) is 2.47. The van der Waals surface area contributed by atoms with Gasteiger partial charge in [-0.3, -0.25) is 0 Å². The van der Waals surface area contributed by atoms with Crippen molar-refractivity contribution in [2.75, 3.05) is 6.61 Å². The maximum absolute atomic E-state index is 8.81. The Morgan fingerprint density at radius 3 is 2.92 bits per heavy atom. The van der Waals surface area contributed by atoms with E-state index in [1.165, 1.54) is 0 Å². The number of hydrogen-bond acceptors (Lipinski definition) is 2. The first-order chi connectivity index (χ1) is 5.74. The van der Waals surface area contributed by atoms with Gasteiger partial charge in [0.15, 0.2) is 0 Å². The molecule has 0 fully saturated rings. The van der Waals surface area contributed by atoms with E-state index in [-0.39, 0.29) is 6.61 Å². The molecule has 3 heteroatoms. The Morgan fingerprint density at radius 2 is 2.42 bits per heavy atom. The Hall–Kier alpha value is -0.830. The lowest BCUT2D eigenvalue weighted by atomic mass is 10.1. The average molecular weight is 168 g/mol. The van der Waals surface area contributed by atoms with Crippen LogP contribution in [-0.4, -0.2) is 21.3 Å². The molecule has 0 amide bonds. The van der Waals surface area contributed by atoms with Gasteiger partial charge in [0.05, 0.1) is 0 Å². The summed E-state index contributed by atoms with van der Waals surface area (Å²) in [6.45, 7) is 2.31. The molecule has 1 heterocycles. The third-order valence-electron chi connectivity index (χ3n) is 2.09. The van der Waals surface area contributed by atoms with E-state index in [0.717, 1.165) is 18.7 Å². The third-order valence-corrected chi connectivity index (χ3v) is 2.09. The molecule has 1 N–H and O–H groups in total. The zero-order chi connectivity index (χ0) is 8.97. The van der Waals surface area contributed by atoms with Gasteiger partial charge in [0.25, 0.3) is 0 Å². The number of hydrogen-bond donors (Lipinski definition) is 1. The van der Waals surface area contributed by atoms with E-state index in [1.807, 2.05) is 24.7 Å². The topological polar surface area (TPSA) is 38.1 Å². The monoisotopic (exact) mass is 168 g/mol. The van der Waals surface area contributed by atoms with Gasteiger partial charge in [-0.1, -0.05) is 6.92 Å². The summed E-state index contributed by atoms with van der Waals surface area (Å²) >= 11 is 0. The van der Waals surface area contributed by atoms with E-state index in [2.05, 4.69) is 4.98 Å². The summed E-state index contributed by atoms with van der Waals surface area (Å²) in [5.74, 6) is 1.47. The number of aliphatic hydroxyl groups excluding tert-OH is 1. The molecule has 68 valence electrons. The normalized spacial score (nSPS) is 13.2. The molecule has 0 saturated carbocycles. The molecule has 0 radical (unpaired) electrons. The van der Waals surface area contributed by atoms with Crippen LogP contribution < -0.4 is 0 Å². The van der Waals surface area contributed by atoms with Crippen molar-refractivity contribution in [3.63, 3.8) is 0 Å². The Balaban J connectivity index is 2.38. The van der Waals surface area contributed by atoms with Crippen LogP contribution in [0.25, 0.3) is 0 Å². The van der Waals surface area contributed by atoms with E-state index in [1.54, 1.807) is 6.20 Å². The zero-order valence-electron chi connectivity index (χ0n) is 7.70. The van der Waals surface area contributed by atoms with Crippen LogP contribution in [0.1, 0.15) is 19.2 Å². The van der Waals surface area contributed by atoms with Crippen molar-refractivity contribution in [1.29, 1.82) is 0 Å². The summed E-state index contributed by atoms with van der Waals surface area (Å²) in [4.78, 5) is 4.20. The zero-order valence-corrected chi connectivity index (χ0v) is 7.70. The highest BCUT2D eigenvalue weighted by Gasteiger charge is 2.03. The number of imidazole rings is 1. The Bertz CT molecular complexity index is 232. The maximum Gasteiger partial charge on any atom is 0.108 e. The van der Waals surface area contributed by atoms with Gasteiger partial charge in [0.1, 0.15) is 5.82 Å². The molecule has 1 atom stereocenters. The summed E-state index contributed by atoms with van der Waals surface area (Å²) in [7, 11) is 1.99. The molecule has 1 aromatic heterocycles. The number of aliphatic hydroxyl groups is 1. The van der Waals surface area contributed by atoms with Crippen molar-refractivity contribution in [3.8, 4) is 0 Å². The van der Waals surface area contributed by atoms with Crippen molar-refractivity contribution in [3.05, 3.63) is 18.2 Å². The molecule has 0 saturated heterocycles. The molecular weight excluding hydrogens is 152 g/mol. The van der Waals surface area contributed by atoms with Gasteiger partial charge in [-0.25, -0.2) is 4.98 Å². The maximum atomic E-state index is 8.81. The molecule has 3 nitrogen and oxygen atoms in total. The summed E-state index contributed by atoms with van der Waals surface area (Å²) in [6.07, 6.45) is 5.70. The van der Waals surface area contributed by atoms with Crippen LogP contribution in [0, 0.1) is 5.92 Å². The fourth-order valence-electron chi connectivity index (χ4n) is 1.10. The van der Waals surface area contributed by atoms with Crippen molar-refractivity contribution in [2.24, 2.45) is 13.0 Å². The summed E-state index contributed by atoms with van der Waals surface area (Å²) < 4.78 is 2.02. The van der Waals surface area contributed by atoms with Gasteiger partial charge >= 0.3 is 0 Å². The summed E-state index contributed by atoms with van der Waals surface area (Å²) in [5, 5.41) is 8.81. The van der Waals surface area contributed by atoms with E-state index >= 15 is 0 Å². The van der Waals surface area contributed by atoms with Crippen LogP contribution >= 0.6 is 0 Å². The molecule has 1 aromatic rings. The third kappa shape index (κ3) is 2.34. The lowest BCUT2D eigenvalue weighted by molar-refractivity contribution is 0.230. The minimum absolute atomic E-state index is 0.268. The first-order valence-corrected chi connectivity index (χ1v) is 4.31. The molecule has 0 spiro atoms. The fraction of sp³-hybridized carbons (Fsp3) is 0.667. The molecule has 1 unspecified atom stereocenters. The van der Waals surface area contributed by atoms with Crippen molar-refractivity contribution in [2.45, 2.75) is 19.8 Å². The standard InChI is InChI=1S/C9H16N2O/c1-8(7-12)3-4-9-10-5-6-11(9)2/h5-6,8,12H,3-4,7H2,1-2H3. The van der Waals surface area contributed by atoms with Gasteiger partial charge < -0.3 is 9.67 Å². The molecule has 0 aromatic carbocycles. The Labute approximate surface area is 73.1 Å². The number of rotatable bonds is 4. The van der Waals surface area contributed by atoms with E-state index in [9.17, 15) is 0 Å². The van der Waals surface area contributed by atoms with Gasteiger partial charge in [-0.15, -0.1) is 0 Å². The first kappa shape index (κ1) is 9.26. The SMILES string of the molecule is CC(CO)CCc1nccn1C. The lowest BCUT2D eigenvalue weighted by Gasteiger charge is -2.06. The van der Waals surface area contributed by atoms with Crippen LogP contribution in [0.2, 0.25) is 0 Å². The molecule has 0 aliphatic carbocycles.